The first-order valence-corrected chi connectivity index (χ1v) is 6.82. The van der Waals surface area contributed by atoms with E-state index in [4.69, 9.17) is 11.6 Å². The Hall–Kier alpha value is -1.30. The maximum absolute atomic E-state index is 13.0. The summed E-state index contributed by atoms with van der Waals surface area (Å²) >= 11 is 5.64. The summed E-state index contributed by atoms with van der Waals surface area (Å²) in [5.41, 5.74) is 0.629. The van der Waals surface area contributed by atoms with Gasteiger partial charge in [-0.2, -0.15) is 13.2 Å². The van der Waals surface area contributed by atoms with Gasteiger partial charge in [0, 0.05) is 19.5 Å². The second kappa shape index (κ2) is 5.83. The molecular formula is C14H14ClF4NO. The molecule has 116 valence electrons. The van der Waals surface area contributed by atoms with Crippen LogP contribution in [0.15, 0.2) is 18.2 Å². The van der Waals surface area contributed by atoms with E-state index in [1.54, 1.807) is 0 Å². The predicted octanol–water partition coefficient (Wildman–Crippen LogP) is 4.03. The Morgan fingerprint density at radius 2 is 2.00 bits per heavy atom. The summed E-state index contributed by atoms with van der Waals surface area (Å²) in [6.45, 7) is 0.187. The van der Waals surface area contributed by atoms with Crippen LogP contribution in [0.25, 0.3) is 0 Å². The summed E-state index contributed by atoms with van der Waals surface area (Å²) in [6, 6.07) is 4.09. The SMILES string of the molecule is CN(Cc1ccc(F)c(Cl)c1)C(=O)C1CC(C(F)(F)F)C1. The van der Waals surface area contributed by atoms with Gasteiger partial charge in [0.15, 0.2) is 0 Å². The molecule has 1 amide bonds. The van der Waals surface area contributed by atoms with Gasteiger partial charge in [-0.15, -0.1) is 0 Å². The van der Waals surface area contributed by atoms with Crippen molar-refractivity contribution in [3.63, 3.8) is 0 Å². The molecule has 1 aromatic rings. The molecule has 0 aliphatic heterocycles. The fourth-order valence-corrected chi connectivity index (χ4v) is 2.59. The molecule has 2 rings (SSSR count). The van der Waals surface area contributed by atoms with Crippen LogP contribution in [0.1, 0.15) is 18.4 Å². The fourth-order valence-electron chi connectivity index (χ4n) is 2.39. The summed E-state index contributed by atoms with van der Waals surface area (Å²) in [6.07, 6.45) is -4.53. The lowest BCUT2D eigenvalue weighted by Gasteiger charge is -2.37. The maximum atomic E-state index is 13.0. The van der Waals surface area contributed by atoms with E-state index in [2.05, 4.69) is 0 Å². The van der Waals surface area contributed by atoms with Gasteiger partial charge in [-0.25, -0.2) is 4.39 Å². The quantitative estimate of drug-likeness (QED) is 0.769. The molecule has 1 aliphatic carbocycles. The van der Waals surface area contributed by atoms with Gasteiger partial charge < -0.3 is 4.90 Å². The first kappa shape index (κ1) is 16.1. The van der Waals surface area contributed by atoms with Crippen molar-refractivity contribution in [3.05, 3.63) is 34.6 Å². The molecule has 2 nitrogen and oxygen atoms in total. The highest BCUT2D eigenvalue weighted by atomic mass is 35.5. The summed E-state index contributed by atoms with van der Waals surface area (Å²) in [5, 5.41) is -0.0471. The Labute approximate surface area is 124 Å². The van der Waals surface area contributed by atoms with E-state index in [9.17, 15) is 22.4 Å². The average Bonchev–Trinajstić information content (AvgIpc) is 2.30. The minimum absolute atomic E-state index is 0.0471. The van der Waals surface area contributed by atoms with E-state index in [0.717, 1.165) is 0 Å². The van der Waals surface area contributed by atoms with Crippen LogP contribution in [0.2, 0.25) is 5.02 Å². The van der Waals surface area contributed by atoms with Crippen molar-refractivity contribution in [2.24, 2.45) is 11.8 Å². The lowest BCUT2D eigenvalue weighted by atomic mass is 9.74. The lowest BCUT2D eigenvalue weighted by molar-refractivity contribution is -0.206. The second-order valence-corrected chi connectivity index (χ2v) is 5.76. The molecule has 0 spiro atoms. The molecule has 1 saturated carbocycles. The molecule has 1 aliphatic rings. The number of hydrogen-bond acceptors (Lipinski definition) is 1. The normalized spacial score (nSPS) is 21.8. The van der Waals surface area contributed by atoms with Crippen molar-refractivity contribution >= 4 is 17.5 Å². The molecule has 21 heavy (non-hydrogen) atoms. The third kappa shape index (κ3) is 3.67. The number of amides is 1. The first-order chi connectivity index (χ1) is 9.68. The highest BCUT2D eigenvalue weighted by Gasteiger charge is 2.50. The second-order valence-electron chi connectivity index (χ2n) is 5.35. The Morgan fingerprint density at radius 3 is 2.52 bits per heavy atom. The Kier molecular flexibility index (Phi) is 4.46. The number of carbonyl (C=O) groups excluding carboxylic acids is 1. The molecular weight excluding hydrogens is 310 g/mol. The van der Waals surface area contributed by atoms with Crippen molar-refractivity contribution in [1.82, 2.24) is 4.90 Å². The number of benzene rings is 1. The van der Waals surface area contributed by atoms with E-state index in [1.807, 2.05) is 0 Å². The fraction of sp³-hybridized carbons (Fsp3) is 0.500. The summed E-state index contributed by atoms with van der Waals surface area (Å²) < 4.78 is 50.2. The summed E-state index contributed by atoms with van der Waals surface area (Å²) in [7, 11) is 1.51. The molecule has 0 unspecified atom stereocenters. The number of carbonyl (C=O) groups is 1. The van der Waals surface area contributed by atoms with E-state index in [1.165, 1.54) is 30.1 Å². The van der Waals surface area contributed by atoms with Gasteiger partial charge in [-0.05, 0) is 30.5 Å². The van der Waals surface area contributed by atoms with Crippen molar-refractivity contribution in [1.29, 1.82) is 0 Å². The van der Waals surface area contributed by atoms with Crippen molar-refractivity contribution in [2.75, 3.05) is 7.05 Å². The van der Waals surface area contributed by atoms with E-state index in [-0.39, 0.29) is 30.3 Å². The van der Waals surface area contributed by atoms with Crippen LogP contribution in [0, 0.1) is 17.7 Å². The van der Waals surface area contributed by atoms with E-state index >= 15 is 0 Å². The minimum Gasteiger partial charge on any atom is -0.341 e. The Morgan fingerprint density at radius 1 is 1.38 bits per heavy atom. The van der Waals surface area contributed by atoms with Crippen molar-refractivity contribution in [2.45, 2.75) is 25.6 Å². The first-order valence-electron chi connectivity index (χ1n) is 6.44. The summed E-state index contributed by atoms with van der Waals surface area (Å²) in [5.74, 6) is -2.84. The molecule has 0 aromatic heterocycles. The zero-order valence-corrected chi connectivity index (χ0v) is 12.0. The van der Waals surface area contributed by atoms with Crippen molar-refractivity contribution < 1.29 is 22.4 Å². The molecule has 0 atom stereocenters. The average molecular weight is 324 g/mol. The maximum Gasteiger partial charge on any atom is 0.391 e. The zero-order chi connectivity index (χ0) is 15.8. The number of halogens is 5. The van der Waals surface area contributed by atoms with Gasteiger partial charge in [0.05, 0.1) is 10.9 Å². The molecule has 1 aromatic carbocycles. The van der Waals surface area contributed by atoms with Gasteiger partial charge in [0.2, 0.25) is 5.91 Å². The van der Waals surface area contributed by atoms with Gasteiger partial charge in [-0.1, -0.05) is 17.7 Å². The standard InChI is InChI=1S/C14H14ClF4NO/c1-20(7-8-2-3-12(16)11(15)4-8)13(21)9-5-10(6-9)14(17,18)19/h2-4,9-10H,5-7H2,1H3. The van der Waals surface area contributed by atoms with Crippen LogP contribution < -0.4 is 0 Å². The Balaban J connectivity index is 1.91. The van der Waals surface area contributed by atoms with Crippen LogP contribution in [0.4, 0.5) is 17.6 Å². The number of hydrogen-bond donors (Lipinski definition) is 0. The molecule has 0 bridgehead atoms. The van der Waals surface area contributed by atoms with Crippen LogP contribution >= 0.6 is 11.6 Å². The third-order valence-electron chi connectivity index (χ3n) is 3.73. The predicted molar refractivity (Wildman–Crippen MR) is 70.2 cm³/mol. The van der Waals surface area contributed by atoms with Crippen LogP contribution in [-0.2, 0) is 11.3 Å². The van der Waals surface area contributed by atoms with E-state index in [0.29, 0.717) is 5.56 Å². The number of rotatable bonds is 3. The Bertz CT molecular complexity index is 540. The smallest absolute Gasteiger partial charge is 0.341 e. The largest absolute Gasteiger partial charge is 0.391 e. The highest BCUT2D eigenvalue weighted by molar-refractivity contribution is 6.30. The highest BCUT2D eigenvalue weighted by Crippen LogP contribution is 2.45. The van der Waals surface area contributed by atoms with Crippen LogP contribution in [0.5, 0.6) is 0 Å². The van der Waals surface area contributed by atoms with Crippen LogP contribution in [0.3, 0.4) is 0 Å². The molecule has 0 N–H and O–H groups in total. The number of nitrogens with zero attached hydrogens (tertiary/aromatic N) is 1. The molecule has 1 fully saturated rings. The van der Waals surface area contributed by atoms with Crippen molar-refractivity contribution in [3.8, 4) is 0 Å². The van der Waals surface area contributed by atoms with Gasteiger partial charge >= 0.3 is 6.18 Å². The topological polar surface area (TPSA) is 20.3 Å². The third-order valence-corrected chi connectivity index (χ3v) is 4.02. The number of alkyl halides is 3. The minimum atomic E-state index is -4.22. The summed E-state index contributed by atoms with van der Waals surface area (Å²) in [4.78, 5) is 13.4. The van der Waals surface area contributed by atoms with Gasteiger partial charge in [0.25, 0.3) is 0 Å². The lowest BCUT2D eigenvalue weighted by Crippen LogP contribution is -2.44. The van der Waals surface area contributed by atoms with E-state index < -0.39 is 23.8 Å². The molecule has 7 heteroatoms. The van der Waals surface area contributed by atoms with Gasteiger partial charge in [0.1, 0.15) is 5.82 Å². The molecule has 0 radical (unpaired) electrons. The zero-order valence-electron chi connectivity index (χ0n) is 11.3. The monoisotopic (exact) mass is 323 g/mol. The molecule has 0 saturated heterocycles. The molecule has 0 heterocycles. The van der Waals surface area contributed by atoms with Gasteiger partial charge in [-0.3, -0.25) is 4.79 Å². The van der Waals surface area contributed by atoms with Crippen LogP contribution in [-0.4, -0.2) is 24.0 Å².